The molecule has 1 saturated heterocycles. The highest BCUT2D eigenvalue weighted by molar-refractivity contribution is 5.34. The Bertz CT molecular complexity index is 473. The van der Waals surface area contributed by atoms with Crippen molar-refractivity contribution in [3.63, 3.8) is 0 Å². The van der Waals surface area contributed by atoms with Crippen LogP contribution in [0.5, 0.6) is 5.75 Å². The van der Waals surface area contributed by atoms with Gasteiger partial charge in [0.1, 0.15) is 5.75 Å². The van der Waals surface area contributed by atoms with Crippen LogP contribution in [0.15, 0.2) is 24.3 Å². The molecule has 1 aromatic carbocycles. The first-order valence-electron chi connectivity index (χ1n) is 9.04. The van der Waals surface area contributed by atoms with Gasteiger partial charge in [0.2, 0.25) is 0 Å². The Balaban J connectivity index is 2.22. The maximum Gasteiger partial charge on any atom is 0.115 e. The highest BCUT2D eigenvalue weighted by Crippen LogP contribution is 2.43. The topological polar surface area (TPSA) is 23.5 Å². The quantitative estimate of drug-likeness (QED) is 0.803. The molecule has 2 nitrogen and oxygen atoms in total. The molecule has 0 unspecified atom stereocenters. The Labute approximate surface area is 136 Å². The van der Waals surface area contributed by atoms with Crippen molar-refractivity contribution < 1.29 is 5.11 Å². The minimum absolute atomic E-state index is 0.168. The lowest BCUT2D eigenvalue weighted by Crippen LogP contribution is -2.53. The monoisotopic (exact) mass is 303 g/mol. The van der Waals surface area contributed by atoms with Crippen LogP contribution in [0.4, 0.5) is 0 Å². The van der Waals surface area contributed by atoms with Crippen LogP contribution in [0.1, 0.15) is 65.4 Å². The Morgan fingerprint density at radius 1 is 1.27 bits per heavy atom. The van der Waals surface area contributed by atoms with Gasteiger partial charge in [-0.1, -0.05) is 52.7 Å². The number of phenolic OH excluding ortho intramolecular Hbond substituents is 1. The number of nitrogens with zero attached hydrogens (tertiary/aromatic N) is 1. The molecule has 0 spiro atoms. The Morgan fingerprint density at radius 3 is 2.68 bits per heavy atom. The summed E-state index contributed by atoms with van der Waals surface area (Å²) in [6.45, 7) is 11.8. The van der Waals surface area contributed by atoms with Crippen LogP contribution < -0.4 is 0 Å². The zero-order valence-electron chi connectivity index (χ0n) is 14.8. The highest BCUT2D eigenvalue weighted by Gasteiger charge is 2.42. The minimum Gasteiger partial charge on any atom is -0.508 e. The van der Waals surface area contributed by atoms with Crippen LogP contribution in [0, 0.1) is 5.92 Å². The second kappa shape index (κ2) is 7.50. The number of aromatic hydroxyl groups is 1. The number of unbranched alkanes of at least 4 members (excludes halogenated alkanes) is 1. The van der Waals surface area contributed by atoms with Gasteiger partial charge in [-0.15, -0.1) is 0 Å². The van der Waals surface area contributed by atoms with Gasteiger partial charge in [-0.25, -0.2) is 0 Å². The molecule has 1 aliphatic rings. The predicted molar refractivity (Wildman–Crippen MR) is 94.4 cm³/mol. The zero-order valence-corrected chi connectivity index (χ0v) is 14.8. The number of phenols is 1. The smallest absolute Gasteiger partial charge is 0.115 e. The number of hydrogen-bond donors (Lipinski definition) is 1. The number of piperidine rings is 1. The van der Waals surface area contributed by atoms with E-state index in [0.717, 1.165) is 0 Å². The van der Waals surface area contributed by atoms with Crippen LogP contribution in [0.3, 0.4) is 0 Å². The third-order valence-corrected chi connectivity index (χ3v) is 5.70. The van der Waals surface area contributed by atoms with E-state index in [0.29, 0.717) is 17.7 Å². The van der Waals surface area contributed by atoms with Crippen molar-refractivity contribution in [1.82, 2.24) is 4.90 Å². The van der Waals surface area contributed by atoms with Gasteiger partial charge >= 0.3 is 0 Å². The first-order valence-corrected chi connectivity index (χ1v) is 9.04. The molecule has 1 fully saturated rings. The van der Waals surface area contributed by atoms with Crippen molar-refractivity contribution in [2.24, 2.45) is 5.92 Å². The van der Waals surface area contributed by atoms with Gasteiger partial charge in [0.05, 0.1) is 0 Å². The summed E-state index contributed by atoms with van der Waals surface area (Å²) >= 11 is 0. The summed E-state index contributed by atoms with van der Waals surface area (Å²) in [5.74, 6) is 1.01. The second-order valence-electron chi connectivity index (χ2n) is 7.36. The Kier molecular flexibility index (Phi) is 5.91. The van der Waals surface area contributed by atoms with E-state index in [1.165, 1.54) is 50.8 Å². The summed E-state index contributed by atoms with van der Waals surface area (Å²) in [5.41, 5.74) is 1.47. The fourth-order valence-electron chi connectivity index (χ4n) is 4.04. The lowest BCUT2D eigenvalue weighted by molar-refractivity contribution is 0.0486. The molecule has 0 aliphatic carbocycles. The van der Waals surface area contributed by atoms with Crippen molar-refractivity contribution in [2.45, 2.75) is 71.3 Å². The van der Waals surface area contributed by atoms with Crippen LogP contribution in [-0.2, 0) is 5.41 Å². The van der Waals surface area contributed by atoms with Crippen LogP contribution in [0.2, 0.25) is 0 Å². The molecule has 0 bridgehead atoms. The fraction of sp³-hybridized carbons (Fsp3) is 0.700. The predicted octanol–water partition coefficient (Wildman–Crippen LogP) is 4.96. The molecule has 1 aromatic rings. The van der Waals surface area contributed by atoms with Crippen molar-refractivity contribution in [3.05, 3.63) is 29.8 Å². The largest absolute Gasteiger partial charge is 0.508 e. The molecule has 124 valence electrons. The van der Waals surface area contributed by atoms with E-state index in [1.54, 1.807) is 6.07 Å². The normalized spacial score (nSPS) is 29.6. The molecular weight excluding hydrogens is 270 g/mol. The molecule has 0 aromatic heterocycles. The van der Waals surface area contributed by atoms with Crippen LogP contribution in [-0.4, -0.2) is 29.1 Å². The molecule has 1 aliphatic heterocycles. The summed E-state index contributed by atoms with van der Waals surface area (Å²) < 4.78 is 0. The van der Waals surface area contributed by atoms with Gasteiger partial charge in [0.25, 0.3) is 0 Å². The first kappa shape index (κ1) is 17.3. The molecule has 0 saturated carbocycles. The van der Waals surface area contributed by atoms with Gasteiger partial charge in [-0.2, -0.15) is 0 Å². The number of hydrogen-bond acceptors (Lipinski definition) is 2. The van der Waals surface area contributed by atoms with Crippen molar-refractivity contribution >= 4 is 0 Å². The average molecular weight is 303 g/mol. The first-order chi connectivity index (χ1) is 10.5. The molecule has 1 N–H and O–H groups in total. The lowest BCUT2D eigenvalue weighted by Gasteiger charge is -2.50. The molecule has 0 radical (unpaired) electrons. The van der Waals surface area contributed by atoms with E-state index in [-0.39, 0.29) is 5.41 Å². The molecule has 0 amide bonds. The van der Waals surface area contributed by atoms with Gasteiger partial charge < -0.3 is 10.0 Å². The summed E-state index contributed by atoms with van der Waals surface area (Å²) in [4.78, 5) is 2.72. The average Bonchev–Trinajstić information content (AvgIpc) is 2.49. The molecule has 2 heteroatoms. The van der Waals surface area contributed by atoms with Gasteiger partial charge in [0.15, 0.2) is 0 Å². The maximum absolute atomic E-state index is 9.87. The summed E-state index contributed by atoms with van der Waals surface area (Å²) in [5, 5.41) is 9.87. The minimum atomic E-state index is 0.168. The summed E-state index contributed by atoms with van der Waals surface area (Å²) in [7, 11) is 0. The highest BCUT2D eigenvalue weighted by atomic mass is 16.3. The van der Waals surface area contributed by atoms with E-state index in [9.17, 15) is 5.11 Å². The zero-order chi connectivity index (χ0) is 16.2. The molecule has 2 rings (SSSR count). The standard InChI is InChI=1S/C20H33NO/c1-5-7-12-21-15-16(3)20(4,14-18(21)9-6-2)17-10-8-11-19(22)13-17/h8,10-11,13,16,18,22H,5-7,9,12,14-15H2,1-4H3/t16-,18+,20+/m0/s1. The van der Waals surface area contributed by atoms with Crippen molar-refractivity contribution in [2.75, 3.05) is 13.1 Å². The Morgan fingerprint density at radius 2 is 2.05 bits per heavy atom. The maximum atomic E-state index is 9.87. The van der Waals surface area contributed by atoms with E-state index in [2.05, 4.69) is 38.7 Å². The van der Waals surface area contributed by atoms with Crippen LogP contribution in [0.25, 0.3) is 0 Å². The Hall–Kier alpha value is -1.02. The van der Waals surface area contributed by atoms with E-state index in [1.807, 2.05) is 12.1 Å². The fourth-order valence-corrected chi connectivity index (χ4v) is 4.04. The SMILES string of the molecule is CCCCN1C[C@H](C)[C@](C)(c2cccc(O)c2)C[C@H]1CCC. The summed E-state index contributed by atoms with van der Waals surface area (Å²) in [6, 6.07) is 8.61. The summed E-state index contributed by atoms with van der Waals surface area (Å²) in [6.07, 6.45) is 6.31. The van der Waals surface area contributed by atoms with Crippen LogP contribution >= 0.6 is 0 Å². The van der Waals surface area contributed by atoms with Gasteiger partial charge in [-0.3, -0.25) is 0 Å². The van der Waals surface area contributed by atoms with Gasteiger partial charge in [0, 0.05) is 12.6 Å². The van der Waals surface area contributed by atoms with E-state index < -0.39 is 0 Å². The molecule has 3 atom stereocenters. The molecule has 1 heterocycles. The number of benzene rings is 1. The lowest BCUT2D eigenvalue weighted by atomic mass is 9.65. The molecular formula is C20H33NO. The van der Waals surface area contributed by atoms with Crippen molar-refractivity contribution in [1.29, 1.82) is 0 Å². The molecule has 22 heavy (non-hydrogen) atoms. The third kappa shape index (κ3) is 3.65. The van der Waals surface area contributed by atoms with E-state index in [4.69, 9.17) is 0 Å². The third-order valence-electron chi connectivity index (χ3n) is 5.70. The van der Waals surface area contributed by atoms with Crippen molar-refractivity contribution in [3.8, 4) is 5.75 Å². The second-order valence-corrected chi connectivity index (χ2v) is 7.36. The van der Waals surface area contributed by atoms with E-state index >= 15 is 0 Å². The van der Waals surface area contributed by atoms with Gasteiger partial charge in [-0.05, 0) is 54.8 Å². The number of rotatable bonds is 6. The number of likely N-dealkylation sites (tertiary alicyclic amines) is 1.